The van der Waals surface area contributed by atoms with E-state index in [1.165, 1.54) is 6.07 Å². The molecule has 0 bridgehead atoms. The van der Waals surface area contributed by atoms with Crippen LogP contribution in [0.2, 0.25) is 0 Å². The Bertz CT molecular complexity index is 595. The molecule has 1 fully saturated rings. The van der Waals surface area contributed by atoms with E-state index >= 15 is 0 Å². The first-order chi connectivity index (χ1) is 11.1. The Hall–Kier alpha value is -1.90. The van der Waals surface area contributed by atoms with Crippen molar-refractivity contribution in [2.45, 2.75) is 13.2 Å². The third-order valence-corrected chi connectivity index (χ3v) is 4.46. The summed E-state index contributed by atoms with van der Waals surface area (Å²) in [5.74, 6) is 3.31. The molecule has 126 valence electrons. The van der Waals surface area contributed by atoms with Crippen molar-refractivity contribution in [3.8, 4) is 17.2 Å². The number of fused-ring (bicyclic) bond motifs is 1. The lowest BCUT2D eigenvalue weighted by atomic mass is 10.1. The van der Waals surface area contributed by atoms with Gasteiger partial charge in [0.25, 0.3) is 0 Å². The molecule has 2 aliphatic heterocycles. The minimum Gasteiger partial charge on any atom is -0.454 e. The standard InChI is InChI=1S/C14H17F2N3O3S/c15-13(16)22-10-6-12-11(20-8-21-12)5-9(10)7-18-14(17)19-1-3-23-4-2-19/h5-6,13H,1-4,7-8H2,(H2,17,18). The first-order valence-electron chi connectivity index (χ1n) is 7.13. The molecule has 2 aliphatic rings. The molecule has 0 aromatic heterocycles. The number of rotatable bonds is 4. The maximum atomic E-state index is 12.6. The van der Waals surface area contributed by atoms with Crippen LogP contribution < -0.4 is 19.9 Å². The van der Waals surface area contributed by atoms with Crippen LogP contribution in [0.5, 0.6) is 17.2 Å². The minimum atomic E-state index is -2.92. The quantitative estimate of drug-likeness (QED) is 0.664. The van der Waals surface area contributed by atoms with Gasteiger partial charge in [-0.1, -0.05) is 0 Å². The van der Waals surface area contributed by atoms with Gasteiger partial charge in [-0.15, -0.1) is 0 Å². The lowest BCUT2D eigenvalue weighted by Crippen LogP contribution is -2.42. The number of hydrogen-bond acceptors (Lipinski definition) is 5. The van der Waals surface area contributed by atoms with E-state index in [9.17, 15) is 8.78 Å². The van der Waals surface area contributed by atoms with Crippen LogP contribution in [0, 0.1) is 0 Å². The molecule has 1 aromatic rings. The van der Waals surface area contributed by atoms with E-state index in [-0.39, 0.29) is 19.1 Å². The maximum Gasteiger partial charge on any atom is 0.387 e. The van der Waals surface area contributed by atoms with E-state index in [4.69, 9.17) is 15.2 Å². The third kappa shape index (κ3) is 3.90. The number of nitrogens with zero attached hydrogens (tertiary/aromatic N) is 2. The van der Waals surface area contributed by atoms with Gasteiger partial charge in [-0.05, 0) is 6.07 Å². The topological polar surface area (TPSA) is 69.3 Å². The van der Waals surface area contributed by atoms with Gasteiger partial charge in [-0.2, -0.15) is 20.5 Å². The van der Waals surface area contributed by atoms with Crippen LogP contribution in [0.15, 0.2) is 17.1 Å². The SMILES string of the molecule is NC(=NCc1cc2c(cc1OC(F)F)OCO2)N1CCSCC1. The third-order valence-electron chi connectivity index (χ3n) is 3.52. The molecule has 23 heavy (non-hydrogen) atoms. The molecule has 0 spiro atoms. The molecule has 0 aliphatic carbocycles. The summed E-state index contributed by atoms with van der Waals surface area (Å²) in [5.41, 5.74) is 6.46. The van der Waals surface area contributed by atoms with Gasteiger partial charge in [0.1, 0.15) is 5.75 Å². The molecule has 0 radical (unpaired) electrons. The summed E-state index contributed by atoms with van der Waals surface area (Å²) in [6.07, 6.45) is 0. The molecule has 0 amide bonds. The van der Waals surface area contributed by atoms with Gasteiger partial charge in [0, 0.05) is 36.2 Å². The summed E-state index contributed by atoms with van der Waals surface area (Å²) < 4.78 is 40.1. The monoisotopic (exact) mass is 345 g/mol. The van der Waals surface area contributed by atoms with Crippen molar-refractivity contribution >= 4 is 17.7 Å². The first-order valence-corrected chi connectivity index (χ1v) is 8.29. The molecule has 0 unspecified atom stereocenters. The second-order valence-electron chi connectivity index (χ2n) is 4.97. The van der Waals surface area contributed by atoms with Crippen LogP contribution in [0.25, 0.3) is 0 Å². The zero-order chi connectivity index (χ0) is 16.2. The highest BCUT2D eigenvalue weighted by atomic mass is 32.2. The van der Waals surface area contributed by atoms with E-state index in [1.54, 1.807) is 6.07 Å². The predicted molar refractivity (Wildman–Crippen MR) is 83.4 cm³/mol. The number of nitrogens with two attached hydrogens (primary N) is 1. The Balaban J connectivity index is 1.77. The van der Waals surface area contributed by atoms with E-state index in [0.717, 1.165) is 24.6 Å². The second kappa shape index (κ2) is 7.12. The Kier molecular flexibility index (Phi) is 4.94. The maximum absolute atomic E-state index is 12.6. The molecule has 1 aromatic carbocycles. The fraction of sp³-hybridized carbons (Fsp3) is 0.500. The predicted octanol–water partition coefficient (Wildman–Crippen LogP) is 1.88. The van der Waals surface area contributed by atoms with Gasteiger partial charge in [-0.25, -0.2) is 4.99 Å². The summed E-state index contributed by atoms with van der Waals surface area (Å²) in [6, 6.07) is 3.00. The zero-order valence-electron chi connectivity index (χ0n) is 12.3. The molecule has 3 rings (SSSR count). The van der Waals surface area contributed by atoms with Gasteiger partial charge in [0.15, 0.2) is 17.5 Å². The van der Waals surface area contributed by atoms with Crippen LogP contribution in [-0.4, -0.2) is 48.9 Å². The van der Waals surface area contributed by atoms with Crippen molar-refractivity contribution in [3.05, 3.63) is 17.7 Å². The van der Waals surface area contributed by atoms with E-state index < -0.39 is 6.61 Å². The average molecular weight is 345 g/mol. The van der Waals surface area contributed by atoms with E-state index in [0.29, 0.717) is 23.0 Å². The lowest BCUT2D eigenvalue weighted by molar-refractivity contribution is -0.0505. The molecule has 2 heterocycles. The number of thioether (sulfide) groups is 1. The Morgan fingerprint density at radius 3 is 2.70 bits per heavy atom. The number of alkyl halides is 2. The number of ether oxygens (including phenoxy) is 3. The highest BCUT2D eigenvalue weighted by Crippen LogP contribution is 2.39. The average Bonchev–Trinajstić information content (AvgIpc) is 2.99. The Morgan fingerprint density at radius 2 is 2.00 bits per heavy atom. The Labute approximate surface area is 136 Å². The van der Waals surface area contributed by atoms with E-state index in [1.807, 2.05) is 16.7 Å². The van der Waals surface area contributed by atoms with E-state index in [2.05, 4.69) is 9.73 Å². The fourth-order valence-electron chi connectivity index (χ4n) is 2.35. The number of hydrogen-bond donors (Lipinski definition) is 1. The van der Waals surface area contributed by atoms with Gasteiger partial charge in [0.05, 0.1) is 6.54 Å². The number of aliphatic imine (C=N–C) groups is 1. The summed E-state index contributed by atoms with van der Waals surface area (Å²) in [5, 5.41) is 0. The first kappa shape index (κ1) is 16.0. The van der Waals surface area contributed by atoms with Crippen molar-refractivity contribution < 1.29 is 23.0 Å². The molecule has 6 nitrogen and oxygen atoms in total. The molecular formula is C14H17F2N3O3S. The van der Waals surface area contributed by atoms with Crippen LogP contribution in [0.1, 0.15) is 5.56 Å². The number of guanidine groups is 1. The van der Waals surface area contributed by atoms with Crippen LogP contribution >= 0.6 is 11.8 Å². The van der Waals surface area contributed by atoms with Crippen LogP contribution in [0.3, 0.4) is 0 Å². The number of halogens is 2. The summed E-state index contributed by atoms with van der Waals surface area (Å²) in [4.78, 5) is 6.28. The fourth-order valence-corrected chi connectivity index (χ4v) is 3.26. The number of benzene rings is 1. The van der Waals surface area contributed by atoms with Crippen LogP contribution in [0.4, 0.5) is 8.78 Å². The molecule has 9 heteroatoms. The molecule has 0 atom stereocenters. The largest absolute Gasteiger partial charge is 0.454 e. The molecule has 0 saturated carbocycles. The van der Waals surface area contributed by atoms with Crippen molar-refractivity contribution in [1.82, 2.24) is 4.90 Å². The van der Waals surface area contributed by atoms with Crippen molar-refractivity contribution in [2.24, 2.45) is 10.7 Å². The minimum absolute atomic E-state index is 0.0231. The van der Waals surface area contributed by atoms with Crippen molar-refractivity contribution in [2.75, 3.05) is 31.4 Å². The van der Waals surface area contributed by atoms with Crippen LogP contribution in [-0.2, 0) is 6.54 Å². The van der Waals surface area contributed by atoms with Gasteiger partial charge < -0.3 is 24.8 Å². The molecule has 1 saturated heterocycles. The molecule has 2 N–H and O–H groups in total. The smallest absolute Gasteiger partial charge is 0.387 e. The second-order valence-corrected chi connectivity index (χ2v) is 6.19. The van der Waals surface area contributed by atoms with Crippen molar-refractivity contribution in [3.63, 3.8) is 0 Å². The van der Waals surface area contributed by atoms with Gasteiger partial charge in [0.2, 0.25) is 6.79 Å². The highest BCUT2D eigenvalue weighted by Gasteiger charge is 2.20. The summed E-state index contributed by atoms with van der Waals surface area (Å²) >= 11 is 1.87. The lowest BCUT2D eigenvalue weighted by Gasteiger charge is -2.27. The molecular weight excluding hydrogens is 328 g/mol. The van der Waals surface area contributed by atoms with Gasteiger partial charge in [-0.3, -0.25) is 0 Å². The van der Waals surface area contributed by atoms with Gasteiger partial charge >= 0.3 is 6.61 Å². The van der Waals surface area contributed by atoms with Crippen molar-refractivity contribution in [1.29, 1.82) is 0 Å². The normalized spacial score (nSPS) is 17.7. The zero-order valence-corrected chi connectivity index (χ0v) is 13.2. The summed E-state index contributed by atoms with van der Waals surface area (Å²) in [6.45, 7) is -1.06. The summed E-state index contributed by atoms with van der Waals surface area (Å²) in [7, 11) is 0. The Morgan fingerprint density at radius 1 is 1.30 bits per heavy atom. The highest BCUT2D eigenvalue weighted by molar-refractivity contribution is 7.99.